The minimum absolute atomic E-state index is 0.0262. The van der Waals surface area contributed by atoms with Crippen LogP contribution in [0.3, 0.4) is 0 Å². The molecule has 0 aromatic carbocycles. The Morgan fingerprint density at radius 1 is 0.722 bits per heavy atom. The highest BCUT2D eigenvalue weighted by Gasteiger charge is 2.18. The Bertz CT molecular complexity index is 1350. The fourth-order valence-electron chi connectivity index (χ4n) is 3.51. The number of aryl methyl sites for hydroxylation is 3. The van der Waals surface area contributed by atoms with Gasteiger partial charge in [-0.05, 0) is 18.2 Å². The van der Waals surface area contributed by atoms with E-state index < -0.39 is 17.8 Å². The predicted molar refractivity (Wildman–Crippen MR) is 134 cm³/mol. The van der Waals surface area contributed by atoms with Crippen molar-refractivity contribution in [2.24, 2.45) is 32.6 Å². The minimum atomic E-state index is -0.745. The summed E-state index contributed by atoms with van der Waals surface area (Å²) in [6.45, 7) is 0.227. The normalized spacial score (nSPS) is 10.5. The maximum absolute atomic E-state index is 12.9. The molecule has 0 fully saturated rings. The summed E-state index contributed by atoms with van der Waals surface area (Å²) >= 11 is 0. The van der Waals surface area contributed by atoms with Gasteiger partial charge < -0.3 is 46.4 Å². The van der Waals surface area contributed by atoms with Crippen LogP contribution in [0.1, 0.15) is 37.9 Å². The first-order chi connectivity index (χ1) is 16.9. The molecule has 190 valence electrons. The molecule has 3 aromatic rings. The summed E-state index contributed by atoms with van der Waals surface area (Å²) < 4.78 is 4.64. The van der Waals surface area contributed by atoms with Crippen LogP contribution >= 0.6 is 0 Å². The molecule has 3 aromatic heterocycles. The molecule has 5 amide bonds. The summed E-state index contributed by atoms with van der Waals surface area (Å²) in [5, 5.41) is 17.7. The number of anilines is 3. The maximum Gasteiger partial charge on any atom is 0.316 e. The lowest BCUT2D eigenvalue weighted by Crippen LogP contribution is -2.28. The van der Waals surface area contributed by atoms with Crippen molar-refractivity contribution in [2.45, 2.75) is 6.42 Å². The lowest BCUT2D eigenvalue weighted by Gasteiger charge is -2.04. The van der Waals surface area contributed by atoms with Gasteiger partial charge in [0.05, 0.1) is 22.9 Å². The van der Waals surface area contributed by atoms with Crippen LogP contribution in [0, 0.1) is 5.41 Å². The number of hydrogen-bond acceptors (Lipinski definition) is 5. The smallest absolute Gasteiger partial charge is 0.316 e. The summed E-state index contributed by atoms with van der Waals surface area (Å²) in [6, 6.07) is 3.77. The number of rotatable bonds is 9. The largest absolute Gasteiger partial charge is 0.388 e. The predicted octanol–water partition coefficient (Wildman–Crippen LogP) is 0.753. The summed E-state index contributed by atoms with van der Waals surface area (Å²) in [7, 11) is 4.96. The van der Waals surface area contributed by atoms with Gasteiger partial charge in [-0.15, -0.1) is 0 Å². The van der Waals surface area contributed by atoms with Crippen molar-refractivity contribution < 1.29 is 19.2 Å². The van der Waals surface area contributed by atoms with Crippen LogP contribution in [-0.2, 0) is 21.1 Å². The van der Waals surface area contributed by atoms with Crippen LogP contribution in [0.5, 0.6) is 0 Å². The molecule has 0 atom stereocenters. The van der Waals surface area contributed by atoms with Crippen molar-refractivity contribution in [3.63, 3.8) is 0 Å². The van der Waals surface area contributed by atoms with E-state index in [0.717, 1.165) is 0 Å². The van der Waals surface area contributed by atoms with E-state index in [2.05, 4.69) is 21.3 Å². The van der Waals surface area contributed by atoms with Crippen LogP contribution in [-0.4, -0.2) is 49.8 Å². The highest BCUT2D eigenvalue weighted by Crippen LogP contribution is 2.19. The molecule has 0 aliphatic carbocycles. The molecule has 3 rings (SSSR count). The zero-order valence-electron chi connectivity index (χ0n) is 20.0. The quantitative estimate of drug-likeness (QED) is 0.169. The van der Waals surface area contributed by atoms with Crippen LogP contribution in [0.15, 0.2) is 36.8 Å². The van der Waals surface area contributed by atoms with Crippen molar-refractivity contribution in [3.05, 3.63) is 53.9 Å². The molecule has 9 N–H and O–H groups in total. The fraction of sp³-hybridized carbons (Fsp3) is 0.227. The van der Waals surface area contributed by atoms with Gasteiger partial charge in [0.25, 0.3) is 17.7 Å². The van der Waals surface area contributed by atoms with Crippen molar-refractivity contribution in [1.82, 2.24) is 19.0 Å². The van der Waals surface area contributed by atoms with E-state index >= 15 is 0 Å². The standard InChI is InChI=1S/C22H28N10O4/c1-30-9-12(6-15(30)19(33)26-5-4-18(23)24)27-20(34)16-7-13(10-31(16)2)28-21(35)17-8-14(11-32(17)3)29-22(25)36/h6-11H,4-5H2,1-3H3,(H3,23,24)(H,26,33)(H,27,34)(H,28,35)(H3,25,29,36). The monoisotopic (exact) mass is 496 g/mol. The molecule has 0 aliphatic rings. The highest BCUT2D eigenvalue weighted by molar-refractivity contribution is 6.07. The second-order valence-corrected chi connectivity index (χ2v) is 8.10. The van der Waals surface area contributed by atoms with Crippen molar-refractivity contribution in [3.8, 4) is 0 Å². The van der Waals surface area contributed by atoms with Crippen LogP contribution in [0.4, 0.5) is 21.9 Å². The Hall–Kier alpha value is -5.01. The topological polar surface area (TPSA) is 207 Å². The molecule has 3 heterocycles. The summed E-state index contributed by atoms with van der Waals surface area (Å²) in [5.74, 6) is -1.28. The van der Waals surface area contributed by atoms with Gasteiger partial charge in [-0.25, -0.2) is 4.79 Å². The van der Waals surface area contributed by atoms with Crippen LogP contribution in [0.25, 0.3) is 0 Å². The van der Waals surface area contributed by atoms with Crippen molar-refractivity contribution in [2.75, 3.05) is 22.5 Å². The van der Waals surface area contributed by atoms with Gasteiger partial charge in [0, 0.05) is 52.7 Å². The van der Waals surface area contributed by atoms with E-state index in [9.17, 15) is 19.2 Å². The Kier molecular flexibility index (Phi) is 7.47. The Morgan fingerprint density at radius 3 is 1.50 bits per heavy atom. The Labute approximate surface area is 206 Å². The first-order valence-electron chi connectivity index (χ1n) is 10.7. The summed E-state index contributed by atoms with van der Waals surface area (Å²) in [6.07, 6.45) is 4.95. The van der Waals surface area contributed by atoms with E-state index in [1.54, 1.807) is 48.9 Å². The molecule has 0 saturated carbocycles. The van der Waals surface area contributed by atoms with E-state index in [0.29, 0.717) is 22.8 Å². The first-order valence-corrected chi connectivity index (χ1v) is 10.7. The summed E-state index contributed by atoms with van der Waals surface area (Å²) in [5.41, 5.74) is 12.4. The van der Waals surface area contributed by atoms with Gasteiger partial charge >= 0.3 is 6.03 Å². The maximum atomic E-state index is 12.9. The van der Waals surface area contributed by atoms with E-state index in [4.69, 9.17) is 16.9 Å². The number of amides is 5. The average molecular weight is 497 g/mol. The Morgan fingerprint density at radius 2 is 1.11 bits per heavy atom. The number of nitrogens with zero attached hydrogens (tertiary/aromatic N) is 3. The summed E-state index contributed by atoms with van der Waals surface area (Å²) in [4.78, 5) is 48.9. The van der Waals surface area contributed by atoms with Gasteiger partial charge in [-0.2, -0.15) is 0 Å². The number of primary amides is 1. The van der Waals surface area contributed by atoms with Gasteiger partial charge in [0.2, 0.25) is 0 Å². The molecule has 0 saturated heterocycles. The number of amidine groups is 1. The number of urea groups is 1. The minimum Gasteiger partial charge on any atom is -0.388 e. The number of nitrogens with two attached hydrogens (primary N) is 2. The zero-order chi connectivity index (χ0) is 26.6. The van der Waals surface area contributed by atoms with Gasteiger partial charge in [0.15, 0.2) is 0 Å². The molecule has 0 bridgehead atoms. The van der Waals surface area contributed by atoms with Crippen molar-refractivity contribution >= 4 is 46.7 Å². The molecule has 14 nitrogen and oxygen atoms in total. The van der Waals surface area contributed by atoms with E-state index in [-0.39, 0.29) is 36.1 Å². The van der Waals surface area contributed by atoms with Gasteiger partial charge in [-0.1, -0.05) is 0 Å². The Balaban J connectivity index is 1.67. The molecule has 14 heteroatoms. The molecular weight excluding hydrogens is 468 g/mol. The molecule has 0 aliphatic heterocycles. The lowest BCUT2D eigenvalue weighted by molar-refractivity contribution is 0.0944. The van der Waals surface area contributed by atoms with Crippen LogP contribution in [0.2, 0.25) is 0 Å². The zero-order valence-corrected chi connectivity index (χ0v) is 20.0. The SMILES string of the molecule is Cn1cc(NC(=O)c2cc(NC(=O)c3cc(NC(N)=O)cn3C)cn2C)cc1C(=O)NCCC(=N)N. The molecule has 36 heavy (non-hydrogen) atoms. The molecular formula is C22H28N10O4. The third-order valence-electron chi connectivity index (χ3n) is 5.18. The second-order valence-electron chi connectivity index (χ2n) is 8.10. The van der Waals surface area contributed by atoms with Gasteiger partial charge in [0.1, 0.15) is 17.1 Å². The van der Waals surface area contributed by atoms with Crippen molar-refractivity contribution in [1.29, 1.82) is 5.41 Å². The van der Waals surface area contributed by atoms with Gasteiger partial charge in [-0.3, -0.25) is 19.8 Å². The van der Waals surface area contributed by atoms with E-state index in [1.807, 2.05) is 0 Å². The molecule has 0 radical (unpaired) electrons. The first kappa shape index (κ1) is 25.6. The third kappa shape index (κ3) is 6.11. The number of aromatic nitrogens is 3. The van der Waals surface area contributed by atoms with E-state index in [1.165, 1.54) is 22.8 Å². The second kappa shape index (κ2) is 10.5. The lowest BCUT2D eigenvalue weighted by atomic mass is 10.3. The number of hydrogen-bond donors (Lipinski definition) is 7. The molecule has 0 unspecified atom stereocenters. The number of carbonyl (C=O) groups is 4. The van der Waals surface area contributed by atoms with Crippen LogP contribution < -0.4 is 32.7 Å². The highest BCUT2D eigenvalue weighted by atomic mass is 16.2. The number of carbonyl (C=O) groups excluding carboxylic acids is 4. The fourth-order valence-corrected chi connectivity index (χ4v) is 3.51. The molecule has 0 spiro atoms. The average Bonchev–Trinajstić information content (AvgIpc) is 3.43. The third-order valence-corrected chi connectivity index (χ3v) is 5.18. The number of nitrogens with one attached hydrogen (secondary N) is 5.